The second-order valence-electron chi connectivity index (χ2n) is 3.95. The zero-order valence-electron chi connectivity index (χ0n) is 9.13. The molecule has 0 aliphatic carbocycles. The van der Waals surface area contributed by atoms with Gasteiger partial charge in [0, 0.05) is 17.7 Å². The number of hydrogen-bond donors (Lipinski definition) is 0. The smallest absolute Gasteiger partial charge is 0.161 e. The maximum atomic E-state index is 10.7. The van der Waals surface area contributed by atoms with Crippen LogP contribution in [0, 0.1) is 0 Å². The van der Waals surface area contributed by atoms with Crippen molar-refractivity contribution in [3.8, 4) is 5.75 Å². The molecule has 1 aliphatic heterocycles. The van der Waals surface area contributed by atoms with Crippen LogP contribution in [-0.2, 0) is 0 Å². The number of fused-ring (bicyclic) bond motifs is 1. The van der Waals surface area contributed by atoms with Crippen molar-refractivity contribution in [2.24, 2.45) is 0 Å². The van der Waals surface area contributed by atoms with Crippen LogP contribution in [0.1, 0.15) is 32.6 Å². The lowest BCUT2D eigenvalue weighted by atomic mass is 9.94. The number of ether oxygens (including phenoxy) is 1. The minimum atomic E-state index is 0.263. The largest absolute Gasteiger partial charge is 0.493 e. The number of para-hydroxylation sites is 1. The first kappa shape index (κ1) is 10.5. The van der Waals surface area contributed by atoms with Gasteiger partial charge in [0.25, 0.3) is 0 Å². The summed E-state index contributed by atoms with van der Waals surface area (Å²) in [4.78, 5) is 15.7. The monoisotopic (exact) mass is 245 g/mol. The summed E-state index contributed by atoms with van der Waals surface area (Å²) in [5, 5.41) is 1.00. The minimum Gasteiger partial charge on any atom is -0.493 e. The Morgan fingerprint density at radius 1 is 1.41 bits per heavy atom. The molecule has 0 bridgehead atoms. The van der Waals surface area contributed by atoms with Gasteiger partial charge in [0.15, 0.2) is 6.29 Å². The summed E-state index contributed by atoms with van der Waals surface area (Å²) in [6.45, 7) is 0.706. The molecule has 4 heteroatoms. The molecule has 17 heavy (non-hydrogen) atoms. The fraction of sp³-hybridized carbons (Fsp3) is 0.231. The van der Waals surface area contributed by atoms with Crippen molar-refractivity contribution in [3.05, 3.63) is 45.9 Å². The van der Waals surface area contributed by atoms with Gasteiger partial charge in [0.05, 0.1) is 11.5 Å². The number of aromatic nitrogens is 1. The van der Waals surface area contributed by atoms with E-state index in [1.165, 1.54) is 16.9 Å². The lowest BCUT2D eigenvalue weighted by Crippen LogP contribution is -2.14. The molecule has 0 N–H and O–H groups in total. The molecule has 1 aliphatic rings. The molecule has 1 unspecified atom stereocenters. The van der Waals surface area contributed by atoms with E-state index in [1.54, 1.807) is 6.20 Å². The average molecular weight is 245 g/mol. The van der Waals surface area contributed by atoms with Gasteiger partial charge in [-0.15, -0.1) is 11.3 Å². The molecule has 1 atom stereocenters. The third-order valence-corrected chi connectivity index (χ3v) is 3.95. The van der Waals surface area contributed by atoms with Gasteiger partial charge in [-0.3, -0.25) is 4.79 Å². The Morgan fingerprint density at radius 3 is 3.12 bits per heavy atom. The van der Waals surface area contributed by atoms with Crippen LogP contribution in [0.25, 0.3) is 0 Å². The Hall–Kier alpha value is -1.68. The van der Waals surface area contributed by atoms with E-state index in [4.69, 9.17) is 4.74 Å². The van der Waals surface area contributed by atoms with Gasteiger partial charge in [-0.2, -0.15) is 0 Å². The van der Waals surface area contributed by atoms with Crippen molar-refractivity contribution >= 4 is 17.6 Å². The second-order valence-corrected chi connectivity index (χ2v) is 5.04. The number of benzene rings is 1. The molecule has 2 heterocycles. The Kier molecular flexibility index (Phi) is 2.65. The highest BCUT2D eigenvalue weighted by Crippen LogP contribution is 2.38. The van der Waals surface area contributed by atoms with E-state index < -0.39 is 0 Å². The van der Waals surface area contributed by atoms with Crippen molar-refractivity contribution in [3.63, 3.8) is 0 Å². The molecule has 0 saturated carbocycles. The Balaban J connectivity index is 2.02. The van der Waals surface area contributed by atoms with Gasteiger partial charge in [-0.25, -0.2) is 4.98 Å². The van der Waals surface area contributed by atoms with Gasteiger partial charge < -0.3 is 4.74 Å². The van der Waals surface area contributed by atoms with Crippen LogP contribution in [0.2, 0.25) is 0 Å². The molecule has 3 rings (SSSR count). The van der Waals surface area contributed by atoms with Gasteiger partial charge in [-0.05, 0) is 12.5 Å². The quantitative estimate of drug-likeness (QED) is 0.764. The summed E-state index contributed by atoms with van der Waals surface area (Å²) in [7, 11) is 0. The van der Waals surface area contributed by atoms with Crippen molar-refractivity contribution in [2.75, 3.05) is 6.61 Å². The second kappa shape index (κ2) is 4.30. The maximum absolute atomic E-state index is 10.7. The number of nitrogens with zero attached hydrogens (tertiary/aromatic N) is 1. The van der Waals surface area contributed by atoms with Gasteiger partial charge >= 0.3 is 0 Å². The predicted molar refractivity (Wildman–Crippen MR) is 65.9 cm³/mol. The first-order valence-electron chi connectivity index (χ1n) is 5.51. The zero-order valence-corrected chi connectivity index (χ0v) is 9.94. The van der Waals surface area contributed by atoms with Crippen molar-refractivity contribution < 1.29 is 9.53 Å². The van der Waals surface area contributed by atoms with E-state index in [9.17, 15) is 4.79 Å². The summed E-state index contributed by atoms with van der Waals surface area (Å²) in [6, 6.07) is 8.03. The average Bonchev–Trinajstić information content (AvgIpc) is 2.87. The number of rotatable bonds is 2. The lowest BCUT2D eigenvalue weighted by Gasteiger charge is -2.24. The van der Waals surface area contributed by atoms with Crippen LogP contribution in [-0.4, -0.2) is 17.9 Å². The predicted octanol–water partition coefficient (Wildman–Crippen LogP) is 2.87. The molecule has 2 aromatic rings. The molecule has 86 valence electrons. The van der Waals surface area contributed by atoms with Gasteiger partial charge in [0.1, 0.15) is 10.8 Å². The van der Waals surface area contributed by atoms with E-state index in [0.717, 1.165) is 23.5 Å². The van der Waals surface area contributed by atoms with E-state index in [1.807, 2.05) is 18.2 Å². The highest BCUT2D eigenvalue weighted by molar-refractivity contribution is 7.13. The summed E-state index contributed by atoms with van der Waals surface area (Å²) < 4.78 is 5.62. The van der Waals surface area contributed by atoms with Crippen molar-refractivity contribution in [1.82, 2.24) is 4.98 Å². The summed E-state index contributed by atoms with van der Waals surface area (Å²) in [5.41, 5.74) is 1.17. The molecule has 0 amide bonds. The number of thiazole rings is 1. The molecule has 0 radical (unpaired) electrons. The topological polar surface area (TPSA) is 39.2 Å². The lowest BCUT2D eigenvalue weighted by molar-refractivity contribution is 0.112. The van der Waals surface area contributed by atoms with E-state index >= 15 is 0 Å². The molecule has 0 saturated heterocycles. The standard InChI is InChI=1S/C13H11NO2S/c15-8-9-7-14-13(17-9)11-5-6-16-12-4-2-1-3-10(11)12/h1-4,7-8,11H,5-6H2. The molecule has 1 aromatic heterocycles. The molecule has 0 fully saturated rings. The van der Waals surface area contributed by atoms with Crippen LogP contribution >= 0.6 is 11.3 Å². The molecular formula is C13H11NO2S. The summed E-state index contributed by atoms with van der Waals surface area (Å²) in [6.07, 6.45) is 3.42. The summed E-state index contributed by atoms with van der Waals surface area (Å²) >= 11 is 1.47. The normalized spacial score (nSPS) is 18.2. The first-order chi connectivity index (χ1) is 8.38. The van der Waals surface area contributed by atoms with E-state index in [0.29, 0.717) is 11.5 Å². The van der Waals surface area contributed by atoms with Crippen molar-refractivity contribution in [2.45, 2.75) is 12.3 Å². The molecule has 1 aromatic carbocycles. The van der Waals surface area contributed by atoms with Crippen molar-refractivity contribution in [1.29, 1.82) is 0 Å². The van der Waals surface area contributed by atoms with Crippen LogP contribution in [0.15, 0.2) is 30.5 Å². The van der Waals surface area contributed by atoms with Crippen LogP contribution < -0.4 is 4.74 Å². The van der Waals surface area contributed by atoms with E-state index in [2.05, 4.69) is 11.1 Å². The fourth-order valence-electron chi connectivity index (χ4n) is 2.11. The van der Waals surface area contributed by atoms with E-state index in [-0.39, 0.29) is 5.92 Å². The zero-order chi connectivity index (χ0) is 11.7. The minimum absolute atomic E-state index is 0.263. The number of hydrogen-bond acceptors (Lipinski definition) is 4. The van der Waals surface area contributed by atoms with Gasteiger partial charge in [-0.1, -0.05) is 18.2 Å². The summed E-state index contributed by atoms with van der Waals surface area (Å²) in [5.74, 6) is 1.20. The Labute approximate surface area is 103 Å². The Morgan fingerprint density at radius 2 is 2.29 bits per heavy atom. The molecule has 0 spiro atoms. The SMILES string of the molecule is O=Cc1cnc(C2CCOc3ccccc32)s1. The fourth-order valence-corrected chi connectivity index (χ4v) is 3.00. The highest BCUT2D eigenvalue weighted by atomic mass is 32.1. The first-order valence-corrected chi connectivity index (χ1v) is 6.33. The molecule has 3 nitrogen and oxygen atoms in total. The third-order valence-electron chi connectivity index (χ3n) is 2.91. The van der Waals surface area contributed by atoms with Crippen LogP contribution in [0.5, 0.6) is 5.75 Å². The number of aldehydes is 1. The van der Waals surface area contributed by atoms with Crippen LogP contribution in [0.3, 0.4) is 0 Å². The third kappa shape index (κ3) is 1.85. The molecular weight excluding hydrogens is 234 g/mol. The Bertz CT molecular complexity index is 550. The number of carbonyl (C=O) groups excluding carboxylic acids is 1. The van der Waals surface area contributed by atoms with Gasteiger partial charge in [0.2, 0.25) is 0 Å². The maximum Gasteiger partial charge on any atom is 0.161 e. The number of carbonyl (C=O) groups is 1. The van der Waals surface area contributed by atoms with Crippen LogP contribution in [0.4, 0.5) is 0 Å². The highest BCUT2D eigenvalue weighted by Gasteiger charge is 2.24.